The molecule has 0 fully saturated rings. The fourth-order valence-electron chi connectivity index (χ4n) is 3.99. The van der Waals surface area contributed by atoms with Crippen molar-refractivity contribution in [2.75, 3.05) is 6.61 Å². The summed E-state index contributed by atoms with van der Waals surface area (Å²) in [6.45, 7) is 3.62. The van der Waals surface area contributed by atoms with Crippen LogP contribution in [0.4, 0.5) is 4.79 Å². The zero-order valence-corrected chi connectivity index (χ0v) is 17.8. The van der Waals surface area contributed by atoms with Crippen molar-refractivity contribution in [3.05, 3.63) is 59.7 Å². The Kier molecular flexibility index (Phi) is 7.28. The Hall–Kier alpha value is -3.35. The van der Waals surface area contributed by atoms with E-state index in [2.05, 4.69) is 22.8 Å². The molecule has 7 heteroatoms. The second-order valence-electron chi connectivity index (χ2n) is 7.78. The van der Waals surface area contributed by atoms with Crippen molar-refractivity contribution in [2.24, 2.45) is 0 Å². The van der Waals surface area contributed by atoms with E-state index >= 15 is 0 Å². The van der Waals surface area contributed by atoms with Crippen molar-refractivity contribution in [1.29, 1.82) is 0 Å². The lowest BCUT2D eigenvalue weighted by molar-refractivity contribution is -0.137. The highest BCUT2D eigenvalue weighted by atomic mass is 16.5. The number of alkyl carbamates (subject to hydrolysis) is 1. The Balaban J connectivity index is 1.56. The highest BCUT2D eigenvalue weighted by Crippen LogP contribution is 2.44. The molecule has 2 amide bonds. The van der Waals surface area contributed by atoms with Crippen molar-refractivity contribution in [3.63, 3.8) is 0 Å². The number of carbonyl (C=O) groups is 3. The lowest BCUT2D eigenvalue weighted by Gasteiger charge is -2.20. The number of carboxylic acids is 1. The van der Waals surface area contributed by atoms with Gasteiger partial charge in [0.25, 0.3) is 0 Å². The minimum absolute atomic E-state index is 0.0632. The number of hydrogen-bond donors (Lipinski definition) is 3. The first-order valence-corrected chi connectivity index (χ1v) is 10.5. The van der Waals surface area contributed by atoms with Crippen LogP contribution in [0.25, 0.3) is 11.1 Å². The Morgan fingerprint density at radius 2 is 1.58 bits per heavy atom. The van der Waals surface area contributed by atoms with Crippen LogP contribution in [0.5, 0.6) is 0 Å². The maximum Gasteiger partial charge on any atom is 0.407 e. The molecule has 7 nitrogen and oxygen atoms in total. The van der Waals surface area contributed by atoms with Gasteiger partial charge in [-0.15, -0.1) is 0 Å². The Bertz CT molecular complexity index is 913. The number of fused-ring (bicyclic) bond motifs is 3. The van der Waals surface area contributed by atoms with Crippen LogP contribution >= 0.6 is 0 Å². The predicted octanol–water partition coefficient (Wildman–Crippen LogP) is 3.67. The van der Waals surface area contributed by atoms with Crippen LogP contribution in [0.1, 0.15) is 50.2 Å². The number of aliphatic carboxylic acids is 1. The minimum Gasteiger partial charge on any atom is -0.481 e. The fraction of sp³-hybridized carbons (Fsp3) is 0.375. The third kappa shape index (κ3) is 5.42. The summed E-state index contributed by atoms with van der Waals surface area (Å²) in [4.78, 5) is 35.6. The number of amides is 2. The molecule has 164 valence electrons. The predicted molar refractivity (Wildman–Crippen MR) is 117 cm³/mol. The molecule has 2 atom stereocenters. The summed E-state index contributed by atoms with van der Waals surface area (Å²) in [6.07, 6.45) is 0.453. The zero-order valence-electron chi connectivity index (χ0n) is 17.8. The van der Waals surface area contributed by atoms with E-state index in [1.165, 1.54) is 0 Å². The van der Waals surface area contributed by atoms with Crippen molar-refractivity contribution >= 4 is 18.0 Å². The molecule has 0 spiro atoms. The maximum atomic E-state index is 12.4. The van der Waals surface area contributed by atoms with E-state index in [-0.39, 0.29) is 18.9 Å². The van der Waals surface area contributed by atoms with Gasteiger partial charge < -0.3 is 20.5 Å². The smallest absolute Gasteiger partial charge is 0.407 e. The molecule has 0 heterocycles. The average molecular weight is 424 g/mol. The highest BCUT2D eigenvalue weighted by molar-refractivity contribution is 5.86. The van der Waals surface area contributed by atoms with Gasteiger partial charge in [-0.3, -0.25) is 9.59 Å². The van der Waals surface area contributed by atoms with Crippen molar-refractivity contribution in [1.82, 2.24) is 10.6 Å². The maximum absolute atomic E-state index is 12.4. The molecule has 0 saturated heterocycles. The highest BCUT2D eigenvalue weighted by Gasteiger charge is 2.29. The van der Waals surface area contributed by atoms with E-state index in [9.17, 15) is 14.4 Å². The molecule has 0 saturated carbocycles. The molecule has 2 aromatic rings. The van der Waals surface area contributed by atoms with Crippen LogP contribution in [0.15, 0.2) is 48.5 Å². The van der Waals surface area contributed by atoms with Crippen LogP contribution in [-0.2, 0) is 14.3 Å². The van der Waals surface area contributed by atoms with Gasteiger partial charge >= 0.3 is 12.1 Å². The molecule has 1 aliphatic rings. The Morgan fingerprint density at radius 3 is 2.13 bits per heavy atom. The normalized spacial score (nSPS) is 14.1. The van der Waals surface area contributed by atoms with Crippen molar-refractivity contribution in [3.8, 4) is 11.1 Å². The lowest BCUT2D eigenvalue weighted by atomic mass is 9.98. The number of hydrogen-bond acceptors (Lipinski definition) is 4. The molecule has 1 aliphatic carbocycles. The third-order valence-corrected chi connectivity index (χ3v) is 5.48. The molecule has 2 aromatic carbocycles. The quantitative estimate of drug-likeness (QED) is 0.570. The number of benzene rings is 2. The second kappa shape index (κ2) is 10.1. The van der Waals surface area contributed by atoms with Gasteiger partial charge in [0.2, 0.25) is 5.91 Å². The number of carbonyl (C=O) groups excluding carboxylic acids is 2. The largest absolute Gasteiger partial charge is 0.481 e. The standard InChI is InChI=1S/C24H28N2O5/c1-3-8-16(13-22(27)28)26-23(29)15(2)25-24(30)31-14-21-19-11-6-4-9-17(19)18-10-5-7-12-20(18)21/h4-7,9-12,15-16,21H,3,8,13-14H2,1-2H3,(H,25,30)(H,26,29)(H,27,28)/t15?,16-/m1/s1. The lowest BCUT2D eigenvalue weighted by Crippen LogP contribution is -2.48. The molecule has 0 aliphatic heterocycles. The molecule has 31 heavy (non-hydrogen) atoms. The van der Waals surface area contributed by atoms with E-state index in [1.807, 2.05) is 43.3 Å². The third-order valence-electron chi connectivity index (χ3n) is 5.48. The second-order valence-corrected chi connectivity index (χ2v) is 7.78. The van der Waals surface area contributed by atoms with Crippen LogP contribution in [0.3, 0.4) is 0 Å². The molecule has 0 radical (unpaired) electrons. The fourth-order valence-corrected chi connectivity index (χ4v) is 3.99. The number of nitrogens with one attached hydrogen (secondary N) is 2. The summed E-state index contributed by atoms with van der Waals surface area (Å²) >= 11 is 0. The number of ether oxygens (including phenoxy) is 1. The molecule has 1 unspecified atom stereocenters. The summed E-state index contributed by atoms with van der Waals surface area (Å²) in [5.74, 6) is -1.48. The Morgan fingerprint density at radius 1 is 1.00 bits per heavy atom. The van der Waals surface area contributed by atoms with Gasteiger partial charge in [-0.05, 0) is 35.6 Å². The summed E-state index contributed by atoms with van der Waals surface area (Å²) in [7, 11) is 0. The number of rotatable bonds is 9. The van der Waals surface area contributed by atoms with Gasteiger partial charge in [0, 0.05) is 12.0 Å². The summed E-state index contributed by atoms with van der Waals surface area (Å²) in [5, 5.41) is 14.2. The van der Waals surface area contributed by atoms with E-state index < -0.39 is 30.1 Å². The first kappa shape index (κ1) is 22.3. The minimum atomic E-state index is -0.976. The van der Waals surface area contributed by atoms with E-state index in [0.717, 1.165) is 28.7 Å². The van der Waals surface area contributed by atoms with Gasteiger partial charge in [-0.2, -0.15) is 0 Å². The SMILES string of the molecule is CCC[C@H](CC(=O)O)NC(=O)C(C)NC(=O)OCC1c2ccccc2-c2ccccc21. The van der Waals surface area contributed by atoms with Gasteiger partial charge in [0.05, 0.1) is 6.42 Å². The first-order chi connectivity index (χ1) is 14.9. The molecule has 3 N–H and O–H groups in total. The zero-order chi connectivity index (χ0) is 22.4. The monoisotopic (exact) mass is 424 g/mol. The Labute approximate surface area is 181 Å². The number of carboxylic acid groups (broad SMARTS) is 1. The molecule has 0 bridgehead atoms. The van der Waals surface area contributed by atoms with Gasteiger partial charge in [0.15, 0.2) is 0 Å². The van der Waals surface area contributed by atoms with Crippen LogP contribution in [0, 0.1) is 0 Å². The first-order valence-electron chi connectivity index (χ1n) is 10.5. The molecular weight excluding hydrogens is 396 g/mol. The van der Waals surface area contributed by atoms with E-state index in [0.29, 0.717) is 6.42 Å². The van der Waals surface area contributed by atoms with Gasteiger partial charge in [-0.1, -0.05) is 61.9 Å². The average Bonchev–Trinajstić information content (AvgIpc) is 3.06. The topological polar surface area (TPSA) is 105 Å². The van der Waals surface area contributed by atoms with E-state index in [4.69, 9.17) is 9.84 Å². The van der Waals surface area contributed by atoms with Crippen molar-refractivity contribution in [2.45, 2.75) is 51.1 Å². The molecule has 0 aromatic heterocycles. The molecular formula is C24H28N2O5. The molecule has 3 rings (SSSR count). The van der Waals surface area contributed by atoms with Crippen LogP contribution in [-0.4, -0.2) is 41.8 Å². The summed E-state index contributed by atoms with van der Waals surface area (Å²) in [5.41, 5.74) is 4.50. The van der Waals surface area contributed by atoms with Crippen molar-refractivity contribution < 1.29 is 24.2 Å². The van der Waals surface area contributed by atoms with Gasteiger partial charge in [0.1, 0.15) is 12.6 Å². The summed E-state index contributed by atoms with van der Waals surface area (Å²) in [6, 6.07) is 14.8. The van der Waals surface area contributed by atoms with Gasteiger partial charge in [-0.25, -0.2) is 4.79 Å². The van der Waals surface area contributed by atoms with Crippen LogP contribution in [0.2, 0.25) is 0 Å². The van der Waals surface area contributed by atoms with E-state index in [1.54, 1.807) is 6.92 Å². The van der Waals surface area contributed by atoms with Crippen LogP contribution < -0.4 is 10.6 Å². The summed E-state index contributed by atoms with van der Waals surface area (Å²) < 4.78 is 5.45.